The second-order valence-electron chi connectivity index (χ2n) is 3.57. The van der Waals surface area contributed by atoms with Crippen molar-refractivity contribution in [2.24, 2.45) is 0 Å². The number of rotatable bonds is 3. The van der Waals surface area contributed by atoms with Crippen molar-refractivity contribution in [1.82, 2.24) is 0 Å². The molecule has 1 N–H and O–H groups in total. The molecule has 0 spiro atoms. The number of halogens is 1. The number of amides is 1. The van der Waals surface area contributed by atoms with E-state index >= 15 is 0 Å². The van der Waals surface area contributed by atoms with Crippen LogP contribution in [0, 0.1) is 0 Å². The van der Waals surface area contributed by atoms with Gasteiger partial charge in [0, 0.05) is 5.69 Å². The number of carbonyl (C=O) groups is 1. The van der Waals surface area contributed by atoms with Crippen molar-refractivity contribution in [3.8, 4) is 0 Å². The zero-order chi connectivity index (χ0) is 12.3. The molecule has 88 valence electrons. The standard InChI is InChI=1S/C13H12ClNO2/c1-2-9-5-3-4-6-10(9)15-13(16)11-7-8-12(14)17-11/h3-8H,2H2,1H3,(H,15,16). The predicted octanol–water partition coefficient (Wildman–Crippen LogP) is 3.75. The average Bonchev–Trinajstić information content (AvgIpc) is 2.77. The van der Waals surface area contributed by atoms with Crippen molar-refractivity contribution in [2.45, 2.75) is 13.3 Å². The molecule has 0 atom stereocenters. The fourth-order valence-electron chi connectivity index (χ4n) is 1.57. The van der Waals surface area contributed by atoms with Gasteiger partial charge in [0.1, 0.15) is 0 Å². The van der Waals surface area contributed by atoms with Crippen LogP contribution >= 0.6 is 11.6 Å². The van der Waals surface area contributed by atoms with Crippen molar-refractivity contribution in [2.75, 3.05) is 5.32 Å². The van der Waals surface area contributed by atoms with Crippen molar-refractivity contribution < 1.29 is 9.21 Å². The molecule has 1 heterocycles. The number of carbonyl (C=O) groups excluding carboxylic acids is 1. The normalized spacial score (nSPS) is 10.2. The summed E-state index contributed by atoms with van der Waals surface area (Å²) in [7, 11) is 0. The van der Waals surface area contributed by atoms with Crippen LogP contribution in [0.5, 0.6) is 0 Å². The highest BCUT2D eigenvalue weighted by molar-refractivity contribution is 6.29. The molecule has 4 heteroatoms. The second-order valence-corrected chi connectivity index (χ2v) is 3.94. The van der Waals surface area contributed by atoms with Crippen LogP contribution in [-0.2, 0) is 6.42 Å². The lowest BCUT2D eigenvalue weighted by atomic mass is 10.1. The summed E-state index contributed by atoms with van der Waals surface area (Å²) in [5.41, 5.74) is 1.88. The lowest BCUT2D eigenvalue weighted by Crippen LogP contribution is -2.12. The van der Waals surface area contributed by atoms with E-state index in [2.05, 4.69) is 5.32 Å². The third-order valence-electron chi connectivity index (χ3n) is 2.44. The summed E-state index contributed by atoms with van der Waals surface area (Å²) in [4.78, 5) is 11.8. The van der Waals surface area contributed by atoms with Crippen LogP contribution in [0.2, 0.25) is 5.22 Å². The third-order valence-corrected chi connectivity index (χ3v) is 2.65. The molecule has 0 aliphatic rings. The Balaban J connectivity index is 2.18. The summed E-state index contributed by atoms with van der Waals surface area (Å²) in [6.07, 6.45) is 0.857. The van der Waals surface area contributed by atoms with E-state index in [4.69, 9.17) is 16.0 Å². The van der Waals surface area contributed by atoms with Gasteiger partial charge in [-0.25, -0.2) is 0 Å². The minimum Gasteiger partial charge on any atom is -0.440 e. The molecule has 2 aromatic rings. The molecule has 17 heavy (non-hydrogen) atoms. The Morgan fingerprint density at radius 1 is 1.29 bits per heavy atom. The first-order chi connectivity index (χ1) is 8.20. The molecule has 0 fully saturated rings. The van der Waals surface area contributed by atoms with E-state index in [1.54, 1.807) is 12.1 Å². The topological polar surface area (TPSA) is 42.2 Å². The summed E-state index contributed by atoms with van der Waals surface area (Å²) in [6.45, 7) is 2.04. The highest BCUT2D eigenvalue weighted by Crippen LogP contribution is 2.18. The zero-order valence-corrected chi connectivity index (χ0v) is 10.1. The zero-order valence-electron chi connectivity index (χ0n) is 9.37. The molecule has 0 unspecified atom stereocenters. The lowest BCUT2D eigenvalue weighted by Gasteiger charge is -2.07. The van der Waals surface area contributed by atoms with Gasteiger partial charge in [-0.3, -0.25) is 4.79 Å². The molecular formula is C13H12ClNO2. The summed E-state index contributed by atoms with van der Waals surface area (Å²) >= 11 is 5.62. The van der Waals surface area contributed by atoms with Gasteiger partial charge in [0.2, 0.25) is 0 Å². The Morgan fingerprint density at radius 3 is 2.71 bits per heavy atom. The van der Waals surface area contributed by atoms with E-state index in [-0.39, 0.29) is 16.9 Å². The number of aryl methyl sites for hydroxylation is 1. The van der Waals surface area contributed by atoms with Crippen molar-refractivity contribution in [3.63, 3.8) is 0 Å². The highest BCUT2D eigenvalue weighted by Gasteiger charge is 2.11. The van der Waals surface area contributed by atoms with Crippen LogP contribution in [0.1, 0.15) is 23.0 Å². The van der Waals surface area contributed by atoms with Gasteiger partial charge in [-0.2, -0.15) is 0 Å². The first kappa shape index (κ1) is 11.7. The molecule has 0 radical (unpaired) electrons. The number of furan rings is 1. The molecule has 0 aliphatic heterocycles. The van der Waals surface area contributed by atoms with Gasteiger partial charge >= 0.3 is 0 Å². The fraction of sp³-hybridized carbons (Fsp3) is 0.154. The number of benzene rings is 1. The van der Waals surface area contributed by atoms with E-state index in [1.807, 2.05) is 31.2 Å². The second kappa shape index (κ2) is 5.06. The van der Waals surface area contributed by atoms with E-state index < -0.39 is 0 Å². The number of hydrogen-bond acceptors (Lipinski definition) is 2. The summed E-state index contributed by atoms with van der Waals surface area (Å²) in [6, 6.07) is 10.8. The number of nitrogens with one attached hydrogen (secondary N) is 1. The summed E-state index contributed by atoms with van der Waals surface area (Å²) in [5.74, 6) is -0.0845. The molecule has 1 amide bonds. The molecule has 1 aromatic carbocycles. The molecule has 1 aromatic heterocycles. The van der Waals surface area contributed by atoms with Crippen LogP contribution in [0.15, 0.2) is 40.8 Å². The van der Waals surface area contributed by atoms with Gasteiger partial charge in [-0.05, 0) is 41.8 Å². The Bertz CT molecular complexity index is 534. The first-order valence-electron chi connectivity index (χ1n) is 5.35. The maximum atomic E-state index is 11.8. The maximum Gasteiger partial charge on any atom is 0.291 e. The van der Waals surface area contributed by atoms with Crippen molar-refractivity contribution in [1.29, 1.82) is 0 Å². The van der Waals surface area contributed by atoms with Gasteiger partial charge in [0.25, 0.3) is 5.91 Å². The number of hydrogen-bond donors (Lipinski definition) is 1. The molecule has 3 nitrogen and oxygen atoms in total. The van der Waals surface area contributed by atoms with Crippen LogP contribution < -0.4 is 5.32 Å². The van der Waals surface area contributed by atoms with Crippen LogP contribution in [0.3, 0.4) is 0 Å². The number of para-hydroxylation sites is 1. The van der Waals surface area contributed by atoms with E-state index in [9.17, 15) is 4.79 Å². The molecule has 0 saturated carbocycles. The Hall–Kier alpha value is -1.74. The smallest absolute Gasteiger partial charge is 0.291 e. The minimum absolute atomic E-state index is 0.207. The lowest BCUT2D eigenvalue weighted by molar-refractivity contribution is 0.0996. The minimum atomic E-state index is -0.294. The van der Waals surface area contributed by atoms with Gasteiger partial charge in [0.15, 0.2) is 11.0 Å². The van der Waals surface area contributed by atoms with Crippen LogP contribution in [-0.4, -0.2) is 5.91 Å². The molecule has 2 rings (SSSR count). The highest BCUT2D eigenvalue weighted by atomic mass is 35.5. The van der Waals surface area contributed by atoms with Crippen molar-refractivity contribution >= 4 is 23.2 Å². The van der Waals surface area contributed by atoms with Gasteiger partial charge in [-0.15, -0.1) is 0 Å². The molecule has 0 bridgehead atoms. The van der Waals surface area contributed by atoms with Gasteiger partial charge in [-0.1, -0.05) is 25.1 Å². The Kier molecular flexibility index (Phi) is 3.49. The van der Waals surface area contributed by atoms with E-state index in [1.165, 1.54) is 0 Å². The van der Waals surface area contributed by atoms with Gasteiger partial charge < -0.3 is 9.73 Å². The van der Waals surface area contributed by atoms with E-state index in [0.717, 1.165) is 17.7 Å². The summed E-state index contributed by atoms with van der Waals surface area (Å²) < 4.78 is 5.04. The van der Waals surface area contributed by atoms with Crippen molar-refractivity contribution in [3.05, 3.63) is 52.9 Å². The Labute approximate surface area is 104 Å². The number of anilines is 1. The maximum absolute atomic E-state index is 11.8. The third kappa shape index (κ3) is 2.68. The Morgan fingerprint density at radius 2 is 2.06 bits per heavy atom. The first-order valence-corrected chi connectivity index (χ1v) is 5.73. The SMILES string of the molecule is CCc1ccccc1NC(=O)c1ccc(Cl)o1. The average molecular weight is 250 g/mol. The summed E-state index contributed by atoms with van der Waals surface area (Å²) in [5, 5.41) is 3.01. The largest absolute Gasteiger partial charge is 0.440 e. The fourth-order valence-corrected chi connectivity index (χ4v) is 1.72. The monoisotopic (exact) mass is 249 g/mol. The van der Waals surface area contributed by atoms with Gasteiger partial charge in [0.05, 0.1) is 0 Å². The van der Waals surface area contributed by atoms with Crippen LogP contribution in [0.4, 0.5) is 5.69 Å². The predicted molar refractivity (Wildman–Crippen MR) is 67.5 cm³/mol. The molecular weight excluding hydrogens is 238 g/mol. The molecule has 0 aliphatic carbocycles. The molecule has 0 saturated heterocycles. The quantitative estimate of drug-likeness (QED) is 0.900. The van der Waals surface area contributed by atoms with E-state index in [0.29, 0.717) is 0 Å². The van der Waals surface area contributed by atoms with Crippen LogP contribution in [0.25, 0.3) is 0 Å².